The number of aliphatic imine (C=N–C) groups is 1. The Morgan fingerprint density at radius 1 is 1.03 bits per heavy atom. The molecule has 1 saturated heterocycles. The average Bonchev–Trinajstić information content (AvgIpc) is 3.30. The summed E-state index contributed by atoms with van der Waals surface area (Å²) >= 11 is 0. The molecule has 1 unspecified atom stereocenters. The highest BCUT2D eigenvalue weighted by Gasteiger charge is 2.24. The van der Waals surface area contributed by atoms with Crippen LogP contribution in [-0.4, -0.2) is 52.5 Å². The maximum absolute atomic E-state index is 5.46. The lowest BCUT2D eigenvalue weighted by molar-refractivity contribution is 0.134. The van der Waals surface area contributed by atoms with Gasteiger partial charge in [0.25, 0.3) is 0 Å². The van der Waals surface area contributed by atoms with Crippen molar-refractivity contribution < 1.29 is 14.2 Å². The molecule has 2 N–H and O–H groups in total. The number of nitrogens with one attached hydrogen (secondary N) is 2. The molecule has 1 aliphatic heterocycles. The molecule has 2 aromatic carbocycles. The van der Waals surface area contributed by atoms with Crippen LogP contribution >= 0.6 is 24.0 Å². The van der Waals surface area contributed by atoms with Crippen molar-refractivity contribution in [2.45, 2.75) is 39.5 Å². The normalized spacial score (nSPS) is 15.7. The highest BCUT2D eigenvalue weighted by atomic mass is 127. The van der Waals surface area contributed by atoms with Crippen LogP contribution in [0.15, 0.2) is 47.5 Å². The lowest BCUT2D eigenvalue weighted by atomic mass is 10.1. The molecule has 1 fully saturated rings. The second kappa shape index (κ2) is 14.1. The monoisotopic (exact) mass is 568 g/mol. The molecule has 7 nitrogen and oxygen atoms in total. The van der Waals surface area contributed by atoms with Crippen LogP contribution in [0.3, 0.4) is 0 Å². The van der Waals surface area contributed by atoms with Gasteiger partial charge >= 0.3 is 0 Å². The first-order valence-corrected chi connectivity index (χ1v) is 11.3. The summed E-state index contributed by atoms with van der Waals surface area (Å²) in [6.45, 7) is 8.80. The van der Waals surface area contributed by atoms with E-state index in [-0.39, 0.29) is 24.0 Å². The van der Waals surface area contributed by atoms with Gasteiger partial charge < -0.3 is 29.7 Å². The van der Waals surface area contributed by atoms with Crippen LogP contribution in [0.4, 0.5) is 5.69 Å². The number of benzene rings is 2. The first-order chi connectivity index (χ1) is 15.6. The molecule has 0 aliphatic carbocycles. The van der Waals surface area contributed by atoms with E-state index in [0.717, 1.165) is 55.8 Å². The number of halogens is 1. The molecular formula is C25H37IN4O3. The number of rotatable bonds is 10. The van der Waals surface area contributed by atoms with Gasteiger partial charge in [-0.15, -0.1) is 24.0 Å². The van der Waals surface area contributed by atoms with Crippen molar-refractivity contribution in [1.29, 1.82) is 0 Å². The van der Waals surface area contributed by atoms with Gasteiger partial charge in [0.1, 0.15) is 11.5 Å². The maximum atomic E-state index is 5.46. The number of hydrogen-bond donors (Lipinski definition) is 2. The van der Waals surface area contributed by atoms with Gasteiger partial charge in [-0.25, -0.2) is 4.99 Å². The Hall–Kier alpha value is -2.20. The average molecular weight is 569 g/mol. The van der Waals surface area contributed by atoms with Gasteiger partial charge in [0.15, 0.2) is 5.96 Å². The molecule has 8 heteroatoms. The zero-order chi connectivity index (χ0) is 22.8. The van der Waals surface area contributed by atoms with Crippen LogP contribution in [0, 0.1) is 0 Å². The van der Waals surface area contributed by atoms with Crippen LogP contribution < -0.4 is 25.0 Å². The minimum atomic E-state index is 0. The molecule has 1 atom stereocenters. The third-order valence-electron chi connectivity index (χ3n) is 5.49. The van der Waals surface area contributed by atoms with Gasteiger partial charge in [-0.1, -0.05) is 24.3 Å². The maximum Gasteiger partial charge on any atom is 0.191 e. The summed E-state index contributed by atoms with van der Waals surface area (Å²) in [6.07, 6.45) is 1.04. The number of anilines is 1. The van der Waals surface area contributed by atoms with E-state index in [0.29, 0.717) is 19.2 Å². The molecule has 1 aliphatic rings. The van der Waals surface area contributed by atoms with Gasteiger partial charge in [0.05, 0.1) is 27.4 Å². The van der Waals surface area contributed by atoms with Crippen molar-refractivity contribution in [2.24, 2.45) is 4.99 Å². The summed E-state index contributed by atoms with van der Waals surface area (Å²) in [5.74, 6) is 2.46. The van der Waals surface area contributed by atoms with E-state index in [1.165, 1.54) is 11.1 Å². The van der Waals surface area contributed by atoms with Crippen LogP contribution in [-0.2, 0) is 17.9 Å². The number of guanidine groups is 1. The van der Waals surface area contributed by atoms with Gasteiger partial charge in [-0.2, -0.15) is 0 Å². The molecule has 182 valence electrons. The molecule has 0 aromatic heterocycles. The predicted octanol–water partition coefficient (Wildman–Crippen LogP) is 4.19. The molecule has 2 aromatic rings. The fourth-order valence-electron chi connectivity index (χ4n) is 3.73. The minimum absolute atomic E-state index is 0. The Labute approximate surface area is 214 Å². The third-order valence-corrected chi connectivity index (χ3v) is 5.49. The van der Waals surface area contributed by atoms with Crippen LogP contribution in [0.5, 0.6) is 11.5 Å². The zero-order valence-corrected chi connectivity index (χ0v) is 22.4. The summed E-state index contributed by atoms with van der Waals surface area (Å²) in [4.78, 5) is 7.15. The fourth-order valence-corrected chi connectivity index (χ4v) is 3.73. The fraction of sp³-hybridized carbons (Fsp3) is 0.480. The number of hydrogen-bond acceptors (Lipinski definition) is 5. The Morgan fingerprint density at radius 3 is 2.30 bits per heavy atom. The van der Waals surface area contributed by atoms with Crippen molar-refractivity contribution in [3.8, 4) is 11.5 Å². The summed E-state index contributed by atoms with van der Waals surface area (Å²) < 4.78 is 16.3. The second-order valence-corrected chi connectivity index (χ2v) is 7.80. The van der Waals surface area contributed by atoms with Crippen molar-refractivity contribution >= 4 is 35.6 Å². The second-order valence-electron chi connectivity index (χ2n) is 7.80. The van der Waals surface area contributed by atoms with Gasteiger partial charge in [0, 0.05) is 56.2 Å². The molecule has 0 amide bonds. The third kappa shape index (κ3) is 8.26. The Kier molecular flexibility index (Phi) is 11.6. The van der Waals surface area contributed by atoms with E-state index in [2.05, 4.69) is 58.9 Å². The van der Waals surface area contributed by atoms with Crippen molar-refractivity contribution in [1.82, 2.24) is 10.6 Å². The van der Waals surface area contributed by atoms with Crippen molar-refractivity contribution in [2.75, 3.05) is 45.4 Å². The van der Waals surface area contributed by atoms with Crippen molar-refractivity contribution in [3.05, 3.63) is 53.6 Å². The van der Waals surface area contributed by atoms with Crippen molar-refractivity contribution in [3.63, 3.8) is 0 Å². The zero-order valence-electron chi connectivity index (χ0n) is 20.1. The smallest absolute Gasteiger partial charge is 0.191 e. The number of ether oxygens (including phenoxy) is 3. The van der Waals surface area contributed by atoms with Gasteiger partial charge in [-0.05, 0) is 31.4 Å². The van der Waals surface area contributed by atoms with E-state index in [1.807, 2.05) is 13.0 Å². The van der Waals surface area contributed by atoms with Gasteiger partial charge in [0.2, 0.25) is 0 Å². The Bertz CT molecular complexity index is 854. The molecule has 1 heterocycles. The minimum Gasteiger partial charge on any atom is -0.497 e. The topological polar surface area (TPSA) is 67.4 Å². The lowest BCUT2D eigenvalue weighted by Crippen LogP contribution is -2.44. The predicted molar refractivity (Wildman–Crippen MR) is 145 cm³/mol. The molecule has 0 bridgehead atoms. The molecule has 0 saturated carbocycles. The molecule has 3 rings (SSSR count). The van der Waals surface area contributed by atoms with E-state index >= 15 is 0 Å². The van der Waals surface area contributed by atoms with Crippen LogP contribution in [0.2, 0.25) is 0 Å². The summed E-state index contributed by atoms with van der Waals surface area (Å²) in [5, 5.41) is 6.97. The molecule has 33 heavy (non-hydrogen) atoms. The van der Waals surface area contributed by atoms with E-state index in [9.17, 15) is 0 Å². The molecular weight excluding hydrogens is 531 g/mol. The quantitative estimate of drug-likeness (QED) is 0.255. The van der Waals surface area contributed by atoms with Crippen LogP contribution in [0.25, 0.3) is 0 Å². The van der Waals surface area contributed by atoms with E-state index in [4.69, 9.17) is 19.2 Å². The largest absolute Gasteiger partial charge is 0.497 e. The number of nitrogens with zero attached hydrogens (tertiary/aromatic N) is 2. The first-order valence-electron chi connectivity index (χ1n) is 11.3. The highest BCUT2D eigenvalue weighted by molar-refractivity contribution is 14.0. The summed E-state index contributed by atoms with van der Waals surface area (Å²) in [6, 6.07) is 14.8. The van der Waals surface area contributed by atoms with E-state index < -0.39 is 0 Å². The molecule has 0 spiro atoms. The number of methoxy groups -OCH3 is 2. The SMILES string of the molecule is CCNC(=NCc1ccc(COCC)cc1)NC1CCN(c2cc(OC)cc(OC)c2)C1.I. The highest BCUT2D eigenvalue weighted by Crippen LogP contribution is 2.30. The molecule has 0 radical (unpaired) electrons. The van der Waals surface area contributed by atoms with Gasteiger partial charge in [-0.3, -0.25) is 0 Å². The lowest BCUT2D eigenvalue weighted by Gasteiger charge is -2.21. The van der Waals surface area contributed by atoms with E-state index in [1.54, 1.807) is 14.2 Å². The summed E-state index contributed by atoms with van der Waals surface area (Å²) in [7, 11) is 3.36. The summed E-state index contributed by atoms with van der Waals surface area (Å²) in [5.41, 5.74) is 3.48. The Balaban J connectivity index is 0.00000385. The first kappa shape index (κ1) is 27.0. The Morgan fingerprint density at radius 2 is 1.70 bits per heavy atom. The van der Waals surface area contributed by atoms with Crippen LogP contribution in [0.1, 0.15) is 31.4 Å². The standard InChI is InChI=1S/C25H36N4O3.HI/c1-5-26-25(27-16-19-7-9-20(10-8-19)18-32-6-2)28-21-11-12-29(17-21)22-13-23(30-3)15-24(14-22)31-4;/h7-10,13-15,21H,5-6,11-12,16-18H2,1-4H3,(H2,26,27,28);1H.